The molecular formula is C11H20N2O7S. The van der Waals surface area contributed by atoms with Crippen molar-refractivity contribution in [1.29, 1.82) is 0 Å². The Bertz CT molecular complexity index is 489. The lowest BCUT2D eigenvalue weighted by molar-refractivity contribution is -0.142. The fraction of sp³-hybridized carbons (Fsp3) is 0.727. The molecule has 9 nitrogen and oxygen atoms in total. The number of amides is 2. The van der Waals surface area contributed by atoms with E-state index >= 15 is 0 Å². The van der Waals surface area contributed by atoms with E-state index in [0.29, 0.717) is 0 Å². The Labute approximate surface area is 123 Å². The zero-order valence-corrected chi connectivity index (χ0v) is 13.0. The van der Waals surface area contributed by atoms with Crippen molar-refractivity contribution in [2.75, 3.05) is 32.7 Å². The molecule has 0 fully saturated rings. The number of nitrogens with zero attached hydrogens (tertiary/aromatic N) is 1. The maximum absolute atomic E-state index is 11.7. The minimum absolute atomic E-state index is 0.0615. The predicted molar refractivity (Wildman–Crippen MR) is 73.5 cm³/mol. The molecule has 0 saturated heterocycles. The van der Waals surface area contributed by atoms with Gasteiger partial charge in [0.05, 0.1) is 12.9 Å². The number of carboxylic acid groups (broad SMARTS) is 1. The number of rotatable bonds is 8. The summed E-state index contributed by atoms with van der Waals surface area (Å²) in [5.74, 6) is -2.10. The summed E-state index contributed by atoms with van der Waals surface area (Å²) in [6, 6.07) is -1.98. The minimum atomic E-state index is -3.22. The summed E-state index contributed by atoms with van der Waals surface area (Å²) in [4.78, 5) is 34.8. The lowest BCUT2D eigenvalue weighted by Gasteiger charge is -2.20. The number of nitrogens with one attached hydrogen (secondary N) is 1. The van der Waals surface area contributed by atoms with Crippen LogP contribution in [-0.2, 0) is 24.2 Å². The summed E-state index contributed by atoms with van der Waals surface area (Å²) >= 11 is 0. The first kappa shape index (κ1) is 19.2. The summed E-state index contributed by atoms with van der Waals surface area (Å²) in [6.45, 7) is -0.0615. The standard InChI is InChI=1S/C11H20N2O7S/c1-13(6-7-21(3,18)19)11(17)12-8(10(15)16)4-5-9(14)20-2/h8H,4-7H2,1-3H3,(H,12,17)(H,15,16)/t8-/m1/s1. The Balaban J connectivity index is 4.46. The zero-order valence-electron chi connectivity index (χ0n) is 12.2. The molecule has 21 heavy (non-hydrogen) atoms. The van der Waals surface area contributed by atoms with E-state index in [1.165, 1.54) is 14.2 Å². The van der Waals surface area contributed by atoms with Crippen LogP contribution in [0, 0.1) is 0 Å². The van der Waals surface area contributed by atoms with Gasteiger partial charge in [-0.25, -0.2) is 18.0 Å². The Kier molecular flexibility index (Phi) is 7.71. The van der Waals surface area contributed by atoms with E-state index in [0.717, 1.165) is 11.2 Å². The maximum Gasteiger partial charge on any atom is 0.326 e. The Morgan fingerprint density at radius 1 is 1.33 bits per heavy atom. The molecule has 0 rings (SSSR count). The third-order valence-electron chi connectivity index (χ3n) is 2.60. The fourth-order valence-corrected chi connectivity index (χ4v) is 1.89. The second-order valence-electron chi connectivity index (χ2n) is 4.51. The maximum atomic E-state index is 11.7. The number of sulfone groups is 1. The summed E-state index contributed by atoms with van der Waals surface area (Å²) in [6.07, 6.45) is 0.767. The molecule has 10 heteroatoms. The van der Waals surface area contributed by atoms with Crippen molar-refractivity contribution in [3.05, 3.63) is 0 Å². The molecule has 0 aliphatic rings. The van der Waals surface area contributed by atoms with Gasteiger partial charge in [0, 0.05) is 26.3 Å². The second-order valence-corrected chi connectivity index (χ2v) is 6.77. The first-order chi connectivity index (χ1) is 9.56. The van der Waals surface area contributed by atoms with Crippen LogP contribution in [0.5, 0.6) is 0 Å². The van der Waals surface area contributed by atoms with Gasteiger partial charge >= 0.3 is 18.0 Å². The van der Waals surface area contributed by atoms with Crippen molar-refractivity contribution in [3.8, 4) is 0 Å². The molecule has 0 aliphatic heterocycles. The third kappa shape index (κ3) is 8.84. The zero-order chi connectivity index (χ0) is 16.6. The van der Waals surface area contributed by atoms with E-state index in [1.807, 2.05) is 0 Å². The number of carbonyl (C=O) groups is 3. The summed E-state index contributed by atoms with van der Waals surface area (Å²) < 4.78 is 26.4. The highest BCUT2D eigenvalue weighted by molar-refractivity contribution is 7.90. The van der Waals surface area contributed by atoms with Gasteiger partial charge < -0.3 is 20.1 Å². The lowest BCUT2D eigenvalue weighted by atomic mass is 10.1. The van der Waals surface area contributed by atoms with Crippen LogP contribution in [0.4, 0.5) is 4.79 Å². The van der Waals surface area contributed by atoms with Gasteiger partial charge in [-0.15, -0.1) is 0 Å². The first-order valence-corrected chi connectivity index (χ1v) is 8.12. The smallest absolute Gasteiger partial charge is 0.326 e. The molecule has 0 aromatic carbocycles. The Hall–Kier alpha value is -1.84. The number of hydrogen-bond acceptors (Lipinski definition) is 6. The van der Waals surface area contributed by atoms with Crippen LogP contribution in [0.3, 0.4) is 0 Å². The summed E-state index contributed by atoms with van der Waals surface area (Å²) in [5.41, 5.74) is 0. The van der Waals surface area contributed by atoms with Crippen molar-refractivity contribution in [1.82, 2.24) is 10.2 Å². The number of urea groups is 1. The number of carbonyl (C=O) groups excluding carboxylic acids is 2. The first-order valence-electron chi connectivity index (χ1n) is 6.05. The van der Waals surface area contributed by atoms with E-state index < -0.39 is 33.8 Å². The highest BCUT2D eigenvalue weighted by atomic mass is 32.2. The van der Waals surface area contributed by atoms with E-state index in [1.54, 1.807) is 0 Å². The predicted octanol–water partition coefficient (Wildman–Crippen LogP) is -0.921. The molecule has 2 N–H and O–H groups in total. The number of methoxy groups -OCH3 is 1. The van der Waals surface area contributed by atoms with Crippen LogP contribution in [0.15, 0.2) is 0 Å². The van der Waals surface area contributed by atoms with Gasteiger partial charge in [-0.1, -0.05) is 0 Å². The van der Waals surface area contributed by atoms with E-state index in [2.05, 4.69) is 10.1 Å². The monoisotopic (exact) mass is 324 g/mol. The molecule has 0 heterocycles. The van der Waals surface area contributed by atoms with Crippen LogP contribution in [-0.4, -0.2) is 75.1 Å². The SMILES string of the molecule is COC(=O)CC[C@@H](NC(=O)N(C)CCS(C)(=O)=O)C(=O)O. The molecule has 0 aromatic heterocycles. The number of ether oxygens (including phenoxy) is 1. The van der Waals surface area contributed by atoms with Crippen LogP contribution in [0.25, 0.3) is 0 Å². The molecule has 0 spiro atoms. The van der Waals surface area contributed by atoms with Crippen molar-refractivity contribution >= 4 is 27.8 Å². The van der Waals surface area contributed by atoms with Crippen molar-refractivity contribution in [2.24, 2.45) is 0 Å². The Morgan fingerprint density at radius 3 is 2.33 bits per heavy atom. The van der Waals surface area contributed by atoms with E-state index in [-0.39, 0.29) is 25.1 Å². The van der Waals surface area contributed by atoms with Gasteiger partial charge in [0.25, 0.3) is 0 Å². The van der Waals surface area contributed by atoms with Crippen LogP contribution in [0.2, 0.25) is 0 Å². The largest absolute Gasteiger partial charge is 0.480 e. The molecule has 0 aromatic rings. The molecule has 0 saturated carbocycles. The van der Waals surface area contributed by atoms with Crippen LogP contribution in [0.1, 0.15) is 12.8 Å². The van der Waals surface area contributed by atoms with E-state index in [9.17, 15) is 22.8 Å². The highest BCUT2D eigenvalue weighted by Gasteiger charge is 2.23. The number of carboxylic acids is 1. The molecule has 2 amide bonds. The molecular weight excluding hydrogens is 304 g/mol. The van der Waals surface area contributed by atoms with Gasteiger partial charge in [0.15, 0.2) is 0 Å². The van der Waals surface area contributed by atoms with Gasteiger partial charge in [-0.3, -0.25) is 4.79 Å². The normalized spacial score (nSPS) is 12.3. The van der Waals surface area contributed by atoms with Crippen molar-refractivity contribution in [3.63, 3.8) is 0 Å². The lowest BCUT2D eigenvalue weighted by Crippen LogP contribution is -2.47. The van der Waals surface area contributed by atoms with Crippen LogP contribution < -0.4 is 5.32 Å². The van der Waals surface area contributed by atoms with Gasteiger partial charge in [-0.2, -0.15) is 0 Å². The van der Waals surface area contributed by atoms with Gasteiger partial charge in [-0.05, 0) is 6.42 Å². The summed E-state index contributed by atoms with van der Waals surface area (Å²) in [5, 5.41) is 11.2. The average molecular weight is 324 g/mol. The van der Waals surface area contributed by atoms with Crippen LogP contribution >= 0.6 is 0 Å². The molecule has 0 radical (unpaired) electrons. The molecule has 0 unspecified atom stereocenters. The number of aliphatic carboxylic acids is 1. The fourth-order valence-electron chi connectivity index (χ4n) is 1.29. The minimum Gasteiger partial charge on any atom is -0.480 e. The molecule has 0 aliphatic carbocycles. The van der Waals surface area contributed by atoms with Crippen molar-refractivity contribution < 1.29 is 32.6 Å². The molecule has 0 bridgehead atoms. The average Bonchev–Trinajstić information content (AvgIpc) is 2.38. The number of esters is 1. The van der Waals surface area contributed by atoms with Gasteiger partial charge in [0.2, 0.25) is 0 Å². The molecule has 1 atom stereocenters. The van der Waals surface area contributed by atoms with E-state index in [4.69, 9.17) is 5.11 Å². The second kappa shape index (κ2) is 8.45. The summed E-state index contributed by atoms with van der Waals surface area (Å²) in [7, 11) is -0.698. The Morgan fingerprint density at radius 2 is 1.90 bits per heavy atom. The highest BCUT2D eigenvalue weighted by Crippen LogP contribution is 2.01. The topological polar surface area (TPSA) is 130 Å². The van der Waals surface area contributed by atoms with Gasteiger partial charge in [0.1, 0.15) is 15.9 Å². The van der Waals surface area contributed by atoms with Crippen molar-refractivity contribution in [2.45, 2.75) is 18.9 Å². The molecule has 122 valence electrons. The quantitative estimate of drug-likeness (QED) is 0.552. The third-order valence-corrected chi connectivity index (χ3v) is 3.53. The number of hydrogen-bond donors (Lipinski definition) is 2.